The van der Waals surface area contributed by atoms with Crippen molar-refractivity contribution in [2.75, 3.05) is 13.4 Å². The van der Waals surface area contributed by atoms with E-state index in [2.05, 4.69) is 0 Å². The van der Waals surface area contributed by atoms with E-state index in [9.17, 15) is 0 Å². The van der Waals surface area contributed by atoms with Crippen LogP contribution in [0.1, 0.15) is 26.7 Å². The van der Waals surface area contributed by atoms with Gasteiger partial charge in [-0.15, -0.1) is 0 Å². The van der Waals surface area contributed by atoms with Gasteiger partial charge in [-0.05, 0) is 13.3 Å². The zero-order valence-electron chi connectivity index (χ0n) is 6.67. The molecule has 0 fully saturated rings. The maximum atomic E-state index is 8.97. The Hall–Kier alpha value is -0.120. The maximum Gasteiger partial charge on any atom is 0.157 e. The van der Waals surface area contributed by atoms with Gasteiger partial charge in [-0.3, -0.25) is 0 Å². The number of hydrogen-bond acceptors (Lipinski definition) is 3. The Morgan fingerprint density at radius 1 is 1.40 bits per heavy atom. The molecule has 0 spiro atoms. The molecule has 62 valence electrons. The van der Waals surface area contributed by atoms with Crippen molar-refractivity contribution in [3.05, 3.63) is 0 Å². The van der Waals surface area contributed by atoms with Gasteiger partial charge in [0.05, 0.1) is 0 Å². The molecule has 10 heavy (non-hydrogen) atoms. The third kappa shape index (κ3) is 6.01. The van der Waals surface area contributed by atoms with E-state index in [0.717, 1.165) is 6.42 Å². The monoisotopic (exact) mass is 148 g/mol. The van der Waals surface area contributed by atoms with Gasteiger partial charge in [0.2, 0.25) is 0 Å². The first-order valence-corrected chi connectivity index (χ1v) is 3.68. The zero-order chi connectivity index (χ0) is 7.82. The maximum absolute atomic E-state index is 8.97. The summed E-state index contributed by atoms with van der Waals surface area (Å²) in [6, 6.07) is 0. The van der Waals surface area contributed by atoms with E-state index in [0.29, 0.717) is 13.0 Å². The summed E-state index contributed by atoms with van der Waals surface area (Å²) in [6.45, 7) is 4.69. The molecule has 0 heterocycles. The van der Waals surface area contributed by atoms with Crippen molar-refractivity contribution in [1.82, 2.24) is 0 Å². The van der Waals surface area contributed by atoms with E-state index in [-0.39, 0.29) is 6.79 Å². The SMILES string of the molecule is CCCC(O)OCOCC. The zero-order valence-corrected chi connectivity index (χ0v) is 6.67. The predicted molar refractivity (Wildman–Crippen MR) is 38.5 cm³/mol. The summed E-state index contributed by atoms with van der Waals surface area (Å²) in [5.74, 6) is 0. The second-order valence-electron chi connectivity index (χ2n) is 2.02. The molecule has 0 saturated heterocycles. The molecule has 0 aliphatic heterocycles. The number of aliphatic hydroxyl groups is 1. The molecule has 0 aliphatic rings. The first-order valence-electron chi connectivity index (χ1n) is 3.68. The summed E-state index contributed by atoms with van der Waals surface area (Å²) in [6.07, 6.45) is 0.942. The van der Waals surface area contributed by atoms with Crippen molar-refractivity contribution in [3.8, 4) is 0 Å². The second-order valence-corrected chi connectivity index (χ2v) is 2.02. The molecule has 1 unspecified atom stereocenters. The summed E-state index contributed by atoms with van der Waals surface area (Å²) in [5.41, 5.74) is 0. The summed E-state index contributed by atoms with van der Waals surface area (Å²) in [4.78, 5) is 0. The van der Waals surface area contributed by atoms with Gasteiger partial charge in [0.1, 0.15) is 6.79 Å². The van der Waals surface area contributed by atoms with Crippen molar-refractivity contribution in [2.24, 2.45) is 0 Å². The minimum Gasteiger partial charge on any atom is -0.368 e. The largest absolute Gasteiger partial charge is 0.368 e. The highest BCUT2D eigenvalue weighted by molar-refractivity contribution is 4.36. The van der Waals surface area contributed by atoms with Crippen LogP contribution in [0.3, 0.4) is 0 Å². The summed E-state index contributed by atoms with van der Waals surface area (Å²) in [7, 11) is 0. The number of rotatable bonds is 6. The van der Waals surface area contributed by atoms with Crippen LogP contribution in [0, 0.1) is 0 Å². The highest BCUT2D eigenvalue weighted by Crippen LogP contribution is 1.97. The number of ether oxygens (including phenoxy) is 2. The first kappa shape index (κ1) is 9.88. The van der Waals surface area contributed by atoms with Gasteiger partial charge in [0, 0.05) is 6.61 Å². The lowest BCUT2D eigenvalue weighted by atomic mass is 10.3. The minimum atomic E-state index is -0.656. The van der Waals surface area contributed by atoms with E-state index in [1.165, 1.54) is 0 Å². The Bertz CT molecular complexity index is 65.9. The van der Waals surface area contributed by atoms with Gasteiger partial charge in [0.15, 0.2) is 6.29 Å². The van der Waals surface area contributed by atoms with Gasteiger partial charge in [-0.25, -0.2) is 0 Å². The average molecular weight is 148 g/mol. The molecule has 0 aromatic heterocycles. The molecular weight excluding hydrogens is 132 g/mol. The second kappa shape index (κ2) is 6.99. The predicted octanol–water partition coefficient (Wildman–Crippen LogP) is 1.12. The molecule has 0 saturated carbocycles. The molecule has 0 amide bonds. The molecular formula is C7H16O3. The molecule has 3 nitrogen and oxygen atoms in total. The van der Waals surface area contributed by atoms with Gasteiger partial charge in [-0.2, -0.15) is 0 Å². The van der Waals surface area contributed by atoms with Crippen molar-refractivity contribution in [1.29, 1.82) is 0 Å². The Morgan fingerprint density at radius 2 is 2.10 bits per heavy atom. The van der Waals surface area contributed by atoms with Crippen LogP contribution in [-0.2, 0) is 9.47 Å². The van der Waals surface area contributed by atoms with E-state index < -0.39 is 6.29 Å². The molecule has 0 aromatic rings. The van der Waals surface area contributed by atoms with Gasteiger partial charge < -0.3 is 14.6 Å². The lowest BCUT2D eigenvalue weighted by Gasteiger charge is -2.09. The summed E-state index contributed by atoms with van der Waals surface area (Å²) >= 11 is 0. The molecule has 0 bridgehead atoms. The highest BCUT2D eigenvalue weighted by Gasteiger charge is 1.99. The minimum absolute atomic E-state index is 0.192. The van der Waals surface area contributed by atoms with E-state index in [1.807, 2.05) is 13.8 Å². The third-order valence-electron chi connectivity index (χ3n) is 1.08. The van der Waals surface area contributed by atoms with Crippen molar-refractivity contribution in [2.45, 2.75) is 33.0 Å². The van der Waals surface area contributed by atoms with Crippen LogP contribution in [-0.4, -0.2) is 24.8 Å². The smallest absolute Gasteiger partial charge is 0.157 e. The lowest BCUT2D eigenvalue weighted by molar-refractivity contribution is -0.170. The molecule has 0 aromatic carbocycles. The lowest BCUT2D eigenvalue weighted by Crippen LogP contribution is -2.13. The Morgan fingerprint density at radius 3 is 2.60 bits per heavy atom. The van der Waals surface area contributed by atoms with Crippen LogP contribution in [0.4, 0.5) is 0 Å². The average Bonchev–Trinajstić information content (AvgIpc) is 1.89. The normalized spacial score (nSPS) is 13.5. The van der Waals surface area contributed by atoms with E-state index in [1.54, 1.807) is 0 Å². The van der Waals surface area contributed by atoms with E-state index >= 15 is 0 Å². The number of aliphatic hydroxyl groups excluding tert-OH is 1. The standard InChI is InChI=1S/C7H16O3/c1-3-5-7(8)10-6-9-4-2/h7-8H,3-6H2,1-2H3. The van der Waals surface area contributed by atoms with Gasteiger partial charge in [0.25, 0.3) is 0 Å². The molecule has 1 N–H and O–H groups in total. The van der Waals surface area contributed by atoms with Gasteiger partial charge in [-0.1, -0.05) is 13.3 Å². The number of hydrogen-bond donors (Lipinski definition) is 1. The van der Waals surface area contributed by atoms with Crippen molar-refractivity contribution < 1.29 is 14.6 Å². The Labute approximate surface area is 62.0 Å². The fourth-order valence-corrected chi connectivity index (χ4v) is 0.540. The quantitative estimate of drug-likeness (QED) is 0.453. The van der Waals surface area contributed by atoms with E-state index in [4.69, 9.17) is 14.6 Å². The highest BCUT2D eigenvalue weighted by atomic mass is 16.7. The molecule has 0 aliphatic carbocycles. The third-order valence-corrected chi connectivity index (χ3v) is 1.08. The first-order chi connectivity index (χ1) is 4.81. The van der Waals surface area contributed by atoms with Crippen LogP contribution in [0.5, 0.6) is 0 Å². The summed E-state index contributed by atoms with van der Waals surface area (Å²) < 4.78 is 9.72. The van der Waals surface area contributed by atoms with Crippen LogP contribution >= 0.6 is 0 Å². The molecule has 0 rings (SSSR count). The summed E-state index contributed by atoms with van der Waals surface area (Å²) in [5, 5.41) is 8.97. The van der Waals surface area contributed by atoms with Crippen LogP contribution in [0.15, 0.2) is 0 Å². The fraction of sp³-hybridized carbons (Fsp3) is 1.00. The van der Waals surface area contributed by atoms with Gasteiger partial charge >= 0.3 is 0 Å². The van der Waals surface area contributed by atoms with Crippen molar-refractivity contribution in [3.63, 3.8) is 0 Å². The Kier molecular flexibility index (Phi) is 6.91. The van der Waals surface area contributed by atoms with Crippen LogP contribution in [0.2, 0.25) is 0 Å². The molecule has 0 radical (unpaired) electrons. The molecule has 1 atom stereocenters. The fourth-order valence-electron chi connectivity index (χ4n) is 0.540. The Balaban J connectivity index is 2.97. The topological polar surface area (TPSA) is 38.7 Å². The molecule has 3 heteroatoms. The van der Waals surface area contributed by atoms with Crippen molar-refractivity contribution >= 4 is 0 Å². The van der Waals surface area contributed by atoms with Crippen LogP contribution in [0.25, 0.3) is 0 Å². The van der Waals surface area contributed by atoms with Crippen LogP contribution < -0.4 is 0 Å².